The van der Waals surface area contributed by atoms with Crippen LogP contribution in [0.2, 0.25) is 0 Å². The first-order valence-corrected chi connectivity index (χ1v) is 11.6. The molecule has 1 heterocycles. The molecule has 3 rings (SSSR count). The third-order valence-electron chi connectivity index (χ3n) is 3.81. The summed E-state index contributed by atoms with van der Waals surface area (Å²) in [6, 6.07) is 14.7. The van der Waals surface area contributed by atoms with Crippen LogP contribution in [-0.2, 0) is 10.5 Å². The Hall–Kier alpha value is -2.69. The highest BCUT2D eigenvalue weighted by Crippen LogP contribution is 2.28. The Morgan fingerprint density at radius 1 is 1.20 bits per heavy atom. The summed E-state index contributed by atoms with van der Waals surface area (Å²) < 4.78 is 1.72. The van der Waals surface area contributed by atoms with Crippen molar-refractivity contribution in [3.8, 4) is 0 Å². The second-order valence-electron chi connectivity index (χ2n) is 6.11. The SMILES string of the molecule is Cc1ccc(CSc2[nH+]nc(SCC(=O)N/N=C/c3ccccc3C(=O)[O-])s2)cc1. The van der Waals surface area contributed by atoms with Gasteiger partial charge in [-0.3, -0.25) is 4.79 Å². The highest BCUT2D eigenvalue weighted by atomic mass is 32.2. The molecule has 0 radical (unpaired) electrons. The van der Waals surface area contributed by atoms with Gasteiger partial charge in [0.1, 0.15) is 0 Å². The zero-order valence-electron chi connectivity index (χ0n) is 16.0. The molecule has 0 atom stereocenters. The highest BCUT2D eigenvalue weighted by molar-refractivity contribution is 8.03. The smallest absolute Gasteiger partial charge is 0.323 e. The van der Waals surface area contributed by atoms with E-state index in [-0.39, 0.29) is 17.2 Å². The minimum atomic E-state index is -1.30. The standard InChI is InChI=1S/C20H18N4O3S3/c1-13-6-8-14(9-7-13)11-28-19-23-24-20(30-19)29-12-17(25)22-21-10-15-4-2-3-5-16(15)18(26)27/h2-10H,11-12H2,1H3,(H,22,25)(H,26,27)/b21-10+. The second-order valence-corrected chi connectivity index (χ2v) is 9.58. The minimum Gasteiger partial charge on any atom is -0.545 e. The molecule has 1 aromatic heterocycles. The first kappa shape index (κ1) is 22.0. The van der Waals surface area contributed by atoms with Gasteiger partial charge >= 0.3 is 4.34 Å². The van der Waals surface area contributed by atoms with Gasteiger partial charge in [0, 0.05) is 22.0 Å². The number of carbonyl (C=O) groups excluding carboxylic acids is 2. The molecular formula is C20H18N4O3S3. The fraction of sp³-hybridized carbons (Fsp3) is 0.150. The molecule has 1 amide bonds. The maximum atomic E-state index is 12.0. The van der Waals surface area contributed by atoms with Crippen molar-refractivity contribution >= 4 is 53.0 Å². The molecule has 3 aromatic rings. The third kappa shape index (κ3) is 6.68. The van der Waals surface area contributed by atoms with E-state index in [0.29, 0.717) is 5.56 Å². The van der Waals surface area contributed by atoms with Crippen molar-refractivity contribution in [3.05, 3.63) is 70.8 Å². The summed E-state index contributed by atoms with van der Waals surface area (Å²) in [4.78, 5) is 23.0. The van der Waals surface area contributed by atoms with Gasteiger partial charge in [0.25, 0.3) is 5.91 Å². The summed E-state index contributed by atoms with van der Waals surface area (Å²) in [5.74, 6) is -0.629. The van der Waals surface area contributed by atoms with Crippen LogP contribution in [0.15, 0.2) is 62.3 Å². The van der Waals surface area contributed by atoms with Crippen molar-refractivity contribution in [3.63, 3.8) is 0 Å². The maximum Gasteiger partial charge on any atom is 0.323 e. The van der Waals surface area contributed by atoms with E-state index in [2.05, 4.69) is 51.9 Å². The predicted molar refractivity (Wildman–Crippen MR) is 117 cm³/mol. The van der Waals surface area contributed by atoms with Crippen molar-refractivity contribution in [1.29, 1.82) is 0 Å². The van der Waals surface area contributed by atoms with Crippen LogP contribution in [0.25, 0.3) is 0 Å². The number of benzene rings is 2. The lowest BCUT2D eigenvalue weighted by Crippen LogP contribution is -2.24. The largest absolute Gasteiger partial charge is 0.545 e. The van der Waals surface area contributed by atoms with Crippen LogP contribution in [-0.4, -0.2) is 28.9 Å². The number of amides is 1. The number of H-pyrrole nitrogens is 1. The van der Waals surface area contributed by atoms with Crippen LogP contribution >= 0.6 is 34.9 Å². The third-order valence-corrected chi connectivity index (χ3v) is 7.13. The summed E-state index contributed by atoms with van der Waals surface area (Å²) in [6.45, 7) is 2.06. The molecule has 154 valence electrons. The molecule has 0 spiro atoms. The van der Waals surface area contributed by atoms with Gasteiger partial charge in [-0.1, -0.05) is 71.0 Å². The van der Waals surface area contributed by atoms with E-state index in [1.165, 1.54) is 46.5 Å². The average molecular weight is 459 g/mol. The number of aryl methyl sites for hydroxylation is 1. The van der Waals surface area contributed by atoms with Crippen molar-refractivity contribution in [2.75, 3.05) is 5.75 Å². The maximum absolute atomic E-state index is 12.0. The zero-order chi connectivity index (χ0) is 21.3. The minimum absolute atomic E-state index is 0.0128. The van der Waals surface area contributed by atoms with E-state index in [1.807, 2.05) is 0 Å². The monoisotopic (exact) mass is 458 g/mol. The number of carbonyl (C=O) groups is 2. The Kier molecular flexibility index (Phi) is 8.00. The number of hydrazone groups is 1. The van der Waals surface area contributed by atoms with E-state index in [4.69, 9.17) is 0 Å². The number of aromatic amines is 1. The van der Waals surface area contributed by atoms with Crippen LogP contribution in [0.1, 0.15) is 27.0 Å². The Morgan fingerprint density at radius 3 is 2.73 bits per heavy atom. The predicted octanol–water partition coefficient (Wildman–Crippen LogP) is 2.16. The number of nitrogens with one attached hydrogen (secondary N) is 2. The van der Waals surface area contributed by atoms with Gasteiger partial charge in [0.2, 0.25) is 4.34 Å². The summed E-state index contributed by atoms with van der Waals surface area (Å²) >= 11 is 4.45. The van der Waals surface area contributed by atoms with E-state index in [0.717, 1.165) is 14.4 Å². The first-order valence-electron chi connectivity index (χ1n) is 8.83. The van der Waals surface area contributed by atoms with Crippen LogP contribution in [0.4, 0.5) is 0 Å². The molecular weight excluding hydrogens is 440 g/mol. The van der Waals surface area contributed by atoms with Crippen molar-refractivity contribution in [1.82, 2.24) is 10.5 Å². The molecule has 2 aromatic carbocycles. The van der Waals surface area contributed by atoms with Crippen LogP contribution in [0, 0.1) is 6.92 Å². The summed E-state index contributed by atoms with van der Waals surface area (Å²) in [5, 5.41) is 22.1. The number of hydrogen-bond acceptors (Lipinski definition) is 8. The Bertz CT molecular complexity index is 1050. The summed E-state index contributed by atoms with van der Waals surface area (Å²) in [7, 11) is 0. The Labute approximate surface area is 186 Å². The molecule has 0 saturated carbocycles. The lowest BCUT2D eigenvalue weighted by molar-refractivity contribution is -0.492. The molecule has 0 bridgehead atoms. The molecule has 30 heavy (non-hydrogen) atoms. The lowest BCUT2D eigenvalue weighted by Gasteiger charge is -2.05. The molecule has 0 aliphatic carbocycles. The molecule has 0 aliphatic heterocycles. The van der Waals surface area contributed by atoms with Crippen molar-refractivity contribution in [2.45, 2.75) is 21.4 Å². The fourth-order valence-corrected chi connectivity index (χ4v) is 5.14. The molecule has 0 fully saturated rings. The van der Waals surface area contributed by atoms with Gasteiger partial charge in [-0.2, -0.15) is 5.10 Å². The number of aromatic carboxylic acids is 1. The Morgan fingerprint density at radius 2 is 1.97 bits per heavy atom. The summed E-state index contributed by atoms with van der Waals surface area (Å²) in [5.41, 5.74) is 5.22. The summed E-state index contributed by atoms with van der Waals surface area (Å²) in [6.07, 6.45) is 1.28. The van der Waals surface area contributed by atoms with E-state index < -0.39 is 5.97 Å². The number of carboxylic acids is 1. The van der Waals surface area contributed by atoms with Crippen LogP contribution in [0.5, 0.6) is 0 Å². The van der Waals surface area contributed by atoms with E-state index in [9.17, 15) is 14.7 Å². The topological polar surface area (TPSA) is 109 Å². The van der Waals surface area contributed by atoms with Gasteiger partial charge in [-0.25, -0.2) is 5.43 Å². The van der Waals surface area contributed by atoms with Crippen LogP contribution in [0.3, 0.4) is 0 Å². The van der Waals surface area contributed by atoms with E-state index in [1.54, 1.807) is 30.0 Å². The first-order chi connectivity index (χ1) is 14.5. The number of hydrogen-bond donors (Lipinski definition) is 1. The molecule has 2 N–H and O–H groups in total. The average Bonchev–Trinajstić information content (AvgIpc) is 3.20. The zero-order valence-corrected chi connectivity index (χ0v) is 18.4. The fourth-order valence-electron chi connectivity index (χ4n) is 2.30. The molecule has 0 unspecified atom stereocenters. The second kappa shape index (κ2) is 10.9. The molecule has 0 saturated heterocycles. The number of carboxylic acid groups (broad SMARTS) is 1. The highest BCUT2D eigenvalue weighted by Gasteiger charge is 2.13. The number of nitrogens with zero attached hydrogens (tertiary/aromatic N) is 2. The van der Waals surface area contributed by atoms with Gasteiger partial charge in [-0.15, -0.1) is 0 Å². The molecule has 0 aliphatic rings. The lowest BCUT2D eigenvalue weighted by atomic mass is 10.1. The van der Waals surface area contributed by atoms with E-state index >= 15 is 0 Å². The number of aromatic nitrogens is 2. The Balaban J connectivity index is 1.44. The number of rotatable bonds is 9. The van der Waals surface area contributed by atoms with Crippen LogP contribution < -0.4 is 15.6 Å². The van der Waals surface area contributed by atoms with Gasteiger partial charge in [0.05, 0.1) is 17.9 Å². The van der Waals surface area contributed by atoms with Crippen molar-refractivity contribution in [2.24, 2.45) is 5.10 Å². The molecule has 7 nitrogen and oxygen atoms in total. The normalized spacial score (nSPS) is 11.0. The number of thioether (sulfide) groups is 2. The van der Waals surface area contributed by atoms with Gasteiger partial charge < -0.3 is 9.90 Å². The van der Waals surface area contributed by atoms with Crippen molar-refractivity contribution < 1.29 is 19.8 Å². The van der Waals surface area contributed by atoms with Gasteiger partial charge in [0.15, 0.2) is 0 Å². The quantitative estimate of drug-likeness (QED) is 0.299. The molecule has 10 heteroatoms. The van der Waals surface area contributed by atoms with Gasteiger partial charge in [-0.05, 0) is 35.6 Å².